The van der Waals surface area contributed by atoms with E-state index in [1.807, 2.05) is 37.3 Å². The number of aromatic nitrogens is 1. The molecule has 0 aliphatic heterocycles. The van der Waals surface area contributed by atoms with Gasteiger partial charge >= 0.3 is 0 Å². The Labute approximate surface area is 119 Å². The summed E-state index contributed by atoms with van der Waals surface area (Å²) in [5, 5.41) is 0. The highest BCUT2D eigenvalue weighted by Gasteiger charge is 2.18. The monoisotopic (exact) mass is 270 g/mol. The maximum atomic E-state index is 12.4. The summed E-state index contributed by atoms with van der Waals surface area (Å²) in [7, 11) is 3.34. The van der Waals surface area contributed by atoms with E-state index < -0.39 is 0 Å². The summed E-state index contributed by atoms with van der Waals surface area (Å²) in [5.74, 6) is 0.441. The zero-order valence-corrected chi connectivity index (χ0v) is 11.9. The van der Waals surface area contributed by atoms with E-state index in [9.17, 15) is 4.79 Å². The minimum absolute atomic E-state index is 0.00537. The van der Waals surface area contributed by atoms with Crippen molar-refractivity contribution in [3.8, 4) is 5.88 Å². The van der Waals surface area contributed by atoms with Gasteiger partial charge in [-0.15, -0.1) is 0 Å². The average molecular weight is 270 g/mol. The van der Waals surface area contributed by atoms with Gasteiger partial charge in [-0.05, 0) is 18.6 Å². The number of methoxy groups -OCH3 is 1. The predicted octanol–water partition coefficient (Wildman–Crippen LogP) is 2.92. The number of hydrogen-bond acceptors (Lipinski definition) is 3. The number of nitrogens with zero attached hydrogens (tertiary/aromatic N) is 2. The molecule has 0 aliphatic rings. The van der Waals surface area contributed by atoms with Crippen molar-refractivity contribution in [3.63, 3.8) is 0 Å². The van der Waals surface area contributed by atoms with Crippen molar-refractivity contribution >= 4 is 5.91 Å². The van der Waals surface area contributed by atoms with Crippen LogP contribution >= 0.6 is 0 Å². The second kappa shape index (κ2) is 6.19. The molecule has 0 fully saturated rings. The summed E-state index contributed by atoms with van der Waals surface area (Å²) < 4.78 is 4.99. The smallest absolute Gasteiger partial charge is 0.255 e. The molecule has 1 amide bonds. The van der Waals surface area contributed by atoms with E-state index >= 15 is 0 Å². The molecule has 0 radical (unpaired) electrons. The van der Waals surface area contributed by atoms with Crippen LogP contribution in [0.2, 0.25) is 0 Å². The van der Waals surface area contributed by atoms with Gasteiger partial charge < -0.3 is 9.64 Å². The van der Waals surface area contributed by atoms with Crippen LogP contribution in [0.3, 0.4) is 0 Å². The highest BCUT2D eigenvalue weighted by molar-refractivity contribution is 5.94. The summed E-state index contributed by atoms with van der Waals surface area (Å²) in [6.45, 7) is 2.00. The first kappa shape index (κ1) is 14.1. The molecule has 0 bridgehead atoms. The second-order valence-electron chi connectivity index (χ2n) is 4.59. The molecule has 1 aromatic heterocycles. The Hall–Kier alpha value is -2.36. The third-order valence-electron chi connectivity index (χ3n) is 3.38. The molecule has 1 atom stereocenters. The van der Waals surface area contributed by atoms with Crippen LogP contribution in [-0.4, -0.2) is 29.9 Å². The predicted molar refractivity (Wildman–Crippen MR) is 77.7 cm³/mol. The minimum atomic E-state index is -0.0588. The van der Waals surface area contributed by atoms with Crippen LogP contribution in [0.4, 0.5) is 0 Å². The molecule has 104 valence electrons. The second-order valence-corrected chi connectivity index (χ2v) is 4.59. The van der Waals surface area contributed by atoms with Crippen LogP contribution in [0.15, 0.2) is 48.7 Å². The molecular formula is C16H18N2O2. The maximum Gasteiger partial charge on any atom is 0.255 e. The molecule has 4 heteroatoms. The summed E-state index contributed by atoms with van der Waals surface area (Å²) >= 11 is 0. The fourth-order valence-corrected chi connectivity index (χ4v) is 1.96. The van der Waals surface area contributed by atoms with E-state index in [-0.39, 0.29) is 11.9 Å². The van der Waals surface area contributed by atoms with Gasteiger partial charge in [-0.1, -0.05) is 30.3 Å². The first-order chi connectivity index (χ1) is 9.63. The van der Waals surface area contributed by atoms with E-state index in [2.05, 4.69) is 4.98 Å². The van der Waals surface area contributed by atoms with Gasteiger partial charge in [0.2, 0.25) is 5.88 Å². The molecular weight excluding hydrogens is 252 g/mol. The zero-order chi connectivity index (χ0) is 14.5. The van der Waals surface area contributed by atoms with Gasteiger partial charge in [0.15, 0.2) is 0 Å². The Balaban J connectivity index is 2.15. The number of carbonyl (C=O) groups excluding carboxylic acids is 1. The molecule has 20 heavy (non-hydrogen) atoms. The highest BCUT2D eigenvalue weighted by Crippen LogP contribution is 2.20. The molecule has 1 heterocycles. The third-order valence-corrected chi connectivity index (χ3v) is 3.38. The quantitative estimate of drug-likeness (QED) is 0.858. The van der Waals surface area contributed by atoms with Crippen molar-refractivity contribution < 1.29 is 9.53 Å². The SMILES string of the molecule is COc1ccc(C(=O)N(C)C(C)c2ccccc2)cn1. The van der Waals surface area contributed by atoms with Crippen molar-refractivity contribution in [3.05, 3.63) is 59.8 Å². The van der Waals surface area contributed by atoms with Crippen LogP contribution in [0.1, 0.15) is 28.9 Å². The number of amides is 1. The van der Waals surface area contributed by atoms with E-state index in [1.165, 1.54) is 6.20 Å². The first-order valence-electron chi connectivity index (χ1n) is 6.45. The molecule has 1 unspecified atom stereocenters. The minimum Gasteiger partial charge on any atom is -0.481 e. The fraction of sp³-hybridized carbons (Fsp3) is 0.250. The van der Waals surface area contributed by atoms with Gasteiger partial charge in [-0.2, -0.15) is 0 Å². The number of hydrogen-bond donors (Lipinski definition) is 0. The Kier molecular flexibility index (Phi) is 4.35. The number of pyridine rings is 1. The summed E-state index contributed by atoms with van der Waals surface area (Å²) in [6.07, 6.45) is 1.54. The molecule has 0 N–H and O–H groups in total. The molecule has 0 spiro atoms. The lowest BCUT2D eigenvalue weighted by molar-refractivity contribution is 0.0742. The normalized spacial score (nSPS) is 11.8. The zero-order valence-electron chi connectivity index (χ0n) is 11.9. The van der Waals surface area contributed by atoms with E-state index in [0.717, 1.165) is 5.56 Å². The topological polar surface area (TPSA) is 42.4 Å². The molecule has 0 saturated carbocycles. The molecule has 2 aromatic rings. The van der Waals surface area contributed by atoms with Gasteiger partial charge in [0.25, 0.3) is 5.91 Å². The molecule has 2 rings (SSSR count). The van der Waals surface area contributed by atoms with Crippen LogP contribution in [0, 0.1) is 0 Å². The Morgan fingerprint density at radius 3 is 2.45 bits per heavy atom. The van der Waals surface area contributed by atoms with Crippen LogP contribution in [0.5, 0.6) is 5.88 Å². The van der Waals surface area contributed by atoms with Gasteiger partial charge in [-0.3, -0.25) is 4.79 Å². The Bertz CT molecular complexity index is 567. The lowest BCUT2D eigenvalue weighted by Gasteiger charge is -2.25. The van der Waals surface area contributed by atoms with Crippen molar-refractivity contribution in [1.82, 2.24) is 9.88 Å². The lowest BCUT2D eigenvalue weighted by atomic mass is 10.1. The third kappa shape index (κ3) is 2.96. The van der Waals surface area contributed by atoms with E-state index in [0.29, 0.717) is 11.4 Å². The van der Waals surface area contributed by atoms with Gasteiger partial charge in [0.1, 0.15) is 0 Å². The van der Waals surface area contributed by atoms with Gasteiger partial charge in [0.05, 0.1) is 18.7 Å². The maximum absolute atomic E-state index is 12.4. The van der Waals surface area contributed by atoms with E-state index in [1.54, 1.807) is 31.2 Å². The number of benzene rings is 1. The molecule has 4 nitrogen and oxygen atoms in total. The number of rotatable bonds is 4. The Morgan fingerprint density at radius 2 is 1.90 bits per heavy atom. The van der Waals surface area contributed by atoms with E-state index in [4.69, 9.17) is 4.74 Å². The van der Waals surface area contributed by atoms with Crippen molar-refractivity contribution in [2.24, 2.45) is 0 Å². The summed E-state index contributed by atoms with van der Waals surface area (Å²) in [5.41, 5.74) is 1.65. The van der Waals surface area contributed by atoms with Crippen molar-refractivity contribution in [2.75, 3.05) is 14.2 Å². The van der Waals surface area contributed by atoms with Crippen LogP contribution in [0.25, 0.3) is 0 Å². The highest BCUT2D eigenvalue weighted by atomic mass is 16.5. The summed E-state index contributed by atoms with van der Waals surface area (Å²) in [6, 6.07) is 13.4. The largest absolute Gasteiger partial charge is 0.481 e. The van der Waals surface area contributed by atoms with Gasteiger partial charge in [0, 0.05) is 19.3 Å². The fourth-order valence-electron chi connectivity index (χ4n) is 1.96. The van der Waals surface area contributed by atoms with Crippen LogP contribution < -0.4 is 4.74 Å². The van der Waals surface area contributed by atoms with Crippen LogP contribution in [-0.2, 0) is 0 Å². The molecule has 0 saturated heterocycles. The number of carbonyl (C=O) groups is 1. The number of ether oxygens (including phenoxy) is 1. The van der Waals surface area contributed by atoms with Crippen molar-refractivity contribution in [1.29, 1.82) is 0 Å². The average Bonchev–Trinajstić information content (AvgIpc) is 2.53. The molecule has 0 aliphatic carbocycles. The molecule has 1 aromatic carbocycles. The van der Waals surface area contributed by atoms with Crippen molar-refractivity contribution in [2.45, 2.75) is 13.0 Å². The lowest BCUT2D eigenvalue weighted by Crippen LogP contribution is -2.29. The summed E-state index contributed by atoms with van der Waals surface area (Å²) in [4.78, 5) is 18.2. The standard InChI is InChI=1S/C16H18N2O2/c1-12(13-7-5-4-6-8-13)18(2)16(19)14-9-10-15(20-3)17-11-14/h4-12H,1-3H3. The van der Waals surface area contributed by atoms with Gasteiger partial charge in [-0.25, -0.2) is 4.98 Å². The first-order valence-corrected chi connectivity index (χ1v) is 6.45. The Morgan fingerprint density at radius 1 is 1.20 bits per heavy atom.